The van der Waals surface area contributed by atoms with E-state index in [2.05, 4.69) is 126 Å². The average molecular weight is 491 g/mol. The van der Waals surface area contributed by atoms with Crippen LogP contribution in [-0.4, -0.2) is 23.2 Å². The standard InChI is InChI=1S/C32H31N2OP/c1-5-15-25(16-6-1)30-31(26-17-7-2-8-18-26)35-32(33-30)29-23-13-14-24-34(29)36(27-19-9-3-10-20-27)28-21-11-4-12-22-28/h1-12,15-22,29-31H,13-14,23-24H2. The van der Waals surface area contributed by atoms with Crippen molar-refractivity contribution in [3.8, 4) is 0 Å². The zero-order valence-electron chi connectivity index (χ0n) is 20.4. The third-order valence-corrected chi connectivity index (χ3v) is 9.66. The summed E-state index contributed by atoms with van der Waals surface area (Å²) in [5.41, 5.74) is 2.39. The number of benzene rings is 4. The number of aliphatic imine (C=N–C) groups is 1. The monoisotopic (exact) mass is 490 g/mol. The minimum atomic E-state index is -0.689. The molecule has 0 aromatic heterocycles. The third kappa shape index (κ3) is 4.74. The summed E-state index contributed by atoms with van der Waals surface area (Å²) in [5.74, 6) is 0.900. The predicted molar refractivity (Wildman–Crippen MR) is 150 cm³/mol. The van der Waals surface area contributed by atoms with Gasteiger partial charge >= 0.3 is 0 Å². The number of ether oxygens (including phenoxy) is 1. The van der Waals surface area contributed by atoms with Crippen LogP contribution in [0.25, 0.3) is 0 Å². The summed E-state index contributed by atoms with van der Waals surface area (Å²) < 4.78 is 9.52. The summed E-state index contributed by atoms with van der Waals surface area (Å²) in [6.07, 6.45) is 3.36. The molecule has 3 atom stereocenters. The van der Waals surface area contributed by atoms with E-state index >= 15 is 0 Å². The molecule has 0 amide bonds. The van der Waals surface area contributed by atoms with Gasteiger partial charge in [-0.1, -0.05) is 128 Å². The number of hydrogen-bond acceptors (Lipinski definition) is 3. The van der Waals surface area contributed by atoms with Crippen molar-refractivity contribution in [3.63, 3.8) is 0 Å². The fourth-order valence-corrected chi connectivity index (χ4v) is 8.01. The Bertz CT molecular complexity index is 1240. The van der Waals surface area contributed by atoms with Gasteiger partial charge < -0.3 is 4.74 Å². The Balaban J connectivity index is 1.40. The number of piperidine rings is 1. The SMILES string of the molecule is c1ccc(C2N=C(C3CCCCN3P(c3ccccc3)c3ccccc3)OC2c2ccccc2)cc1. The lowest BCUT2D eigenvalue weighted by Gasteiger charge is -2.41. The van der Waals surface area contributed by atoms with Gasteiger partial charge in [0.25, 0.3) is 0 Å². The van der Waals surface area contributed by atoms with Gasteiger partial charge in [0.2, 0.25) is 5.90 Å². The van der Waals surface area contributed by atoms with Gasteiger partial charge in [0, 0.05) is 14.6 Å². The second-order valence-corrected chi connectivity index (χ2v) is 11.6. The molecular formula is C32H31N2OP. The van der Waals surface area contributed by atoms with Crippen molar-refractivity contribution >= 4 is 24.6 Å². The van der Waals surface area contributed by atoms with Crippen LogP contribution in [0.3, 0.4) is 0 Å². The third-order valence-electron chi connectivity index (χ3n) is 7.09. The van der Waals surface area contributed by atoms with Gasteiger partial charge in [0.05, 0.1) is 6.04 Å². The number of hydrogen-bond donors (Lipinski definition) is 0. The van der Waals surface area contributed by atoms with E-state index in [4.69, 9.17) is 9.73 Å². The van der Waals surface area contributed by atoms with Gasteiger partial charge in [-0.15, -0.1) is 0 Å². The Kier molecular flexibility index (Phi) is 6.94. The van der Waals surface area contributed by atoms with Crippen molar-refractivity contribution in [1.82, 2.24) is 4.67 Å². The van der Waals surface area contributed by atoms with Crippen LogP contribution in [0.2, 0.25) is 0 Å². The van der Waals surface area contributed by atoms with Gasteiger partial charge in [-0.3, -0.25) is 4.67 Å². The smallest absolute Gasteiger partial charge is 0.202 e. The van der Waals surface area contributed by atoms with Crippen LogP contribution >= 0.6 is 8.07 Å². The van der Waals surface area contributed by atoms with Crippen molar-refractivity contribution in [1.29, 1.82) is 0 Å². The molecule has 2 aliphatic heterocycles. The zero-order chi connectivity index (χ0) is 24.2. The van der Waals surface area contributed by atoms with Crippen molar-refractivity contribution in [3.05, 3.63) is 132 Å². The van der Waals surface area contributed by atoms with Gasteiger partial charge in [-0.25, -0.2) is 4.99 Å². The molecule has 2 aliphatic rings. The maximum atomic E-state index is 6.82. The van der Waals surface area contributed by atoms with E-state index in [-0.39, 0.29) is 18.2 Å². The summed E-state index contributed by atoms with van der Waals surface area (Å²) in [6, 6.07) is 43.3. The first-order valence-corrected chi connectivity index (χ1v) is 14.2. The molecule has 0 N–H and O–H groups in total. The highest BCUT2D eigenvalue weighted by Gasteiger charge is 2.41. The summed E-state index contributed by atoms with van der Waals surface area (Å²) in [5, 5.41) is 2.76. The van der Waals surface area contributed by atoms with Crippen LogP contribution in [-0.2, 0) is 4.74 Å². The molecule has 4 aromatic carbocycles. The molecule has 0 aliphatic carbocycles. The second-order valence-electron chi connectivity index (χ2n) is 9.43. The van der Waals surface area contributed by atoms with Crippen molar-refractivity contribution in [2.75, 3.05) is 6.54 Å². The molecule has 36 heavy (non-hydrogen) atoms. The van der Waals surface area contributed by atoms with Crippen LogP contribution in [0.15, 0.2) is 126 Å². The first kappa shape index (κ1) is 23.2. The quantitative estimate of drug-likeness (QED) is 0.278. The molecule has 4 heteroatoms. The van der Waals surface area contributed by atoms with Crippen LogP contribution < -0.4 is 10.6 Å². The second kappa shape index (κ2) is 10.8. The Hall–Kier alpha value is -3.26. The fraction of sp³-hybridized carbons (Fsp3) is 0.219. The largest absolute Gasteiger partial charge is 0.469 e. The number of nitrogens with zero attached hydrogens (tertiary/aromatic N) is 2. The lowest BCUT2D eigenvalue weighted by Crippen LogP contribution is -2.45. The van der Waals surface area contributed by atoms with Gasteiger partial charge in [0.15, 0.2) is 6.10 Å². The van der Waals surface area contributed by atoms with Gasteiger partial charge in [-0.05, 0) is 34.6 Å². The topological polar surface area (TPSA) is 24.8 Å². The molecule has 0 saturated carbocycles. The lowest BCUT2D eigenvalue weighted by molar-refractivity contribution is 0.173. The van der Waals surface area contributed by atoms with Gasteiger partial charge in [-0.2, -0.15) is 0 Å². The van der Waals surface area contributed by atoms with E-state index in [1.807, 2.05) is 0 Å². The maximum absolute atomic E-state index is 6.82. The van der Waals surface area contributed by atoms with E-state index in [1.165, 1.54) is 34.6 Å². The van der Waals surface area contributed by atoms with E-state index in [0.29, 0.717) is 0 Å². The molecule has 3 unspecified atom stereocenters. The molecule has 0 bridgehead atoms. The van der Waals surface area contributed by atoms with Crippen LogP contribution in [0, 0.1) is 0 Å². The zero-order valence-corrected chi connectivity index (χ0v) is 21.3. The highest BCUT2D eigenvalue weighted by atomic mass is 31.1. The first-order valence-electron chi connectivity index (χ1n) is 12.9. The average Bonchev–Trinajstić information content (AvgIpc) is 3.41. The molecule has 4 aromatic rings. The molecule has 1 fully saturated rings. The molecule has 0 radical (unpaired) electrons. The van der Waals surface area contributed by atoms with Crippen LogP contribution in [0.1, 0.15) is 42.5 Å². The predicted octanol–water partition coefficient (Wildman–Crippen LogP) is 6.80. The Morgan fingerprint density at radius 2 is 1.17 bits per heavy atom. The molecule has 2 heterocycles. The van der Waals surface area contributed by atoms with E-state index < -0.39 is 8.07 Å². The molecule has 3 nitrogen and oxygen atoms in total. The minimum absolute atomic E-state index is 0.0351. The van der Waals surface area contributed by atoms with Crippen LogP contribution in [0.4, 0.5) is 0 Å². The highest BCUT2D eigenvalue weighted by molar-refractivity contribution is 7.70. The molecule has 1 saturated heterocycles. The molecule has 180 valence electrons. The minimum Gasteiger partial charge on any atom is -0.469 e. The van der Waals surface area contributed by atoms with Crippen molar-refractivity contribution in [2.24, 2.45) is 4.99 Å². The summed E-state index contributed by atoms with van der Waals surface area (Å²) in [7, 11) is -0.689. The first-order chi connectivity index (χ1) is 17.9. The summed E-state index contributed by atoms with van der Waals surface area (Å²) >= 11 is 0. The maximum Gasteiger partial charge on any atom is 0.202 e. The van der Waals surface area contributed by atoms with Gasteiger partial charge in [0.1, 0.15) is 6.04 Å². The molecule has 0 spiro atoms. The van der Waals surface area contributed by atoms with E-state index in [0.717, 1.165) is 18.9 Å². The van der Waals surface area contributed by atoms with Crippen molar-refractivity contribution < 1.29 is 4.74 Å². The Morgan fingerprint density at radius 1 is 0.639 bits per heavy atom. The van der Waals surface area contributed by atoms with E-state index in [1.54, 1.807) is 0 Å². The highest BCUT2D eigenvalue weighted by Crippen LogP contribution is 2.47. The van der Waals surface area contributed by atoms with Crippen molar-refractivity contribution in [2.45, 2.75) is 37.5 Å². The number of rotatable bonds is 6. The lowest BCUT2D eigenvalue weighted by atomic mass is 9.97. The Morgan fingerprint density at radius 3 is 1.75 bits per heavy atom. The summed E-state index contributed by atoms with van der Waals surface area (Å²) in [4.78, 5) is 5.32. The normalized spacial score (nSPS) is 22.2. The molecular weight excluding hydrogens is 459 g/mol. The van der Waals surface area contributed by atoms with E-state index in [9.17, 15) is 0 Å². The van der Waals surface area contributed by atoms with Crippen LogP contribution in [0.5, 0.6) is 0 Å². The Labute approximate surface area is 215 Å². The summed E-state index contributed by atoms with van der Waals surface area (Å²) in [6.45, 7) is 1.05. The molecule has 6 rings (SSSR count). The fourth-order valence-electron chi connectivity index (χ4n) is 5.38.